The first-order valence-corrected chi connectivity index (χ1v) is 6.40. The Hall–Kier alpha value is -0.810. The van der Waals surface area contributed by atoms with Crippen molar-refractivity contribution in [3.63, 3.8) is 0 Å². The largest absolute Gasteiger partial charge is 0.378 e. The maximum absolute atomic E-state index is 11.9. The van der Waals surface area contributed by atoms with E-state index in [0.29, 0.717) is 24.7 Å². The summed E-state index contributed by atoms with van der Waals surface area (Å²) in [5, 5.41) is 6.79. The fourth-order valence-electron chi connectivity index (χ4n) is 1.92. The molecule has 1 heterocycles. The van der Waals surface area contributed by atoms with Gasteiger partial charge >= 0.3 is 0 Å². The van der Waals surface area contributed by atoms with Crippen LogP contribution in [-0.4, -0.2) is 31.7 Å². The number of nitrogens with one attached hydrogen (secondary N) is 2. The van der Waals surface area contributed by atoms with Gasteiger partial charge in [-0.2, -0.15) is 0 Å². The van der Waals surface area contributed by atoms with Crippen LogP contribution in [0, 0.1) is 6.92 Å². The van der Waals surface area contributed by atoms with Gasteiger partial charge in [0.2, 0.25) is 5.91 Å². The quantitative estimate of drug-likeness (QED) is 0.901. The van der Waals surface area contributed by atoms with E-state index in [-0.39, 0.29) is 24.4 Å². The zero-order valence-electron chi connectivity index (χ0n) is 10.7. The molecule has 1 aliphatic rings. The number of hydrogen-bond donors (Lipinski definition) is 2. The number of carbonyl (C=O) groups is 1. The van der Waals surface area contributed by atoms with Crippen molar-refractivity contribution in [1.29, 1.82) is 0 Å². The van der Waals surface area contributed by atoms with Crippen LogP contribution in [0.25, 0.3) is 0 Å². The average Bonchev–Trinajstić information content (AvgIpc) is 2.36. The number of benzene rings is 1. The van der Waals surface area contributed by atoms with Crippen LogP contribution < -0.4 is 10.6 Å². The summed E-state index contributed by atoms with van der Waals surface area (Å²) in [5.74, 6) is -0.0247. The van der Waals surface area contributed by atoms with Crippen LogP contribution in [0.3, 0.4) is 0 Å². The first-order valence-electron chi connectivity index (χ1n) is 6.03. The zero-order valence-corrected chi connectivity index (χ0v) is 12.3. The molecule has 0 saturated carbocycles. The molecule has 6 heteroatoms. The van der Waals surface area contributed by atoms with Gasteiger partial charge in [-0.3, -0.25) is 4.79 Å². The van der Waals surface area contributed by atoms with Gasteiger partial charge in [0, 0.05) is 29.7 Å². The van der Waals surface area contributed by atoms with E-state index >= 15 is 0 Å². The fourth-order valence-corrected chi connectivity index (χ4v) is 2.09. The van der Waals surface area contributed by atoms with Gasteiger partial charge in [-0.05, 0) is 24.6 Å². The van der Waals surface area contributed by atoms with Gasteiger partial charge in [-0.1, -0.05) is 17.7 Å². The van der Waals surface area contributed by atoms with Gasteiger partial charge < -0.3 is 15.4 Å². The molecule has 106 valence electrons. The second-order valence-electron chi connectivity index (χ2n) is 4.39. The summed E-state index contributed by atoms with van der Waals surface area (Å²) in [6.45, 7) is 3.99. The Balaban J connectivity index is 0.00000180. The maximum atomic E-state index is 11.9. The summed E-state index contributed by atoms with van der Waals surface area (Å²) < 4.78 is 5.31. The molecule has 2 N–H and O–H groups in total. The minimum absolute atomic E-state index is 0. The van der Waals surface area contributed by atoms with E-state index < -0.39 is 0 Å². The van der Waals surface area contributed by atoms with Crippen molar-refractivity contribution in [1.82, 2.24) is 5.32 Å². The lowest BCUT2D eigenvalue weighted by Crippen LogP contribution is -2.43. The lowest BCUT2D eigenvalue weighted by molar-refractivity contribution is -0.117. The summed E-state index contributed by atoms with van der Waals surface area (Å²) in [6.07, 6.45) is 0.409. The molecule has 1 aliphatic heterocycles. The molecule has 2 rings (SSSR count). The minimum atomic E-state index is -0.0247. The van der Waals surface area contributed by atoms with Gasteiger partial charge in [0.25, 0.3) is 0 Å². The Morgan fingerprint density at radius 3 is 3.05 bits per heavy atom. The predicted octanol–water partition coefficient (Wildman–Crippen LogP) is 2.39. The smallest absolute Gasteiger partial charge is 0.226 e. The van der Waals surface area contributed by atoms with Crippen LogP contribution in [0.15, 0.2) is 18.2 Å². The van der Waals surface area contributed by atoms with Crippen LogP contribution in [0.1, 0.15) is 12.0 Å². The Morgan fingerprint density at radius 2 is 2.37 bits per heavy atom. The molecule has 1 amide bonds. The lowest BCUT2D eigenvalue weighted by atomic mass is 10.1. The highest BCUT2D eigenvalue weighted by Gasteiger charge is 2.17. The first kappa shape index (κ1) is 16.2. The summed E-state index contributed by atoms with van der Waals surface area (Å²) in [5.41, 5.74) is 1.66. The van der Waals surface area contributed by atoms with Crippen molar-refractivity contribution in [3.05, 3.63) is 28.8 Å². The summed E-state index contributed by atoms with van der Waals surface area (Å²) in [4.78, 5) is 11.9. The highest BCUT2D eigenvalue weighted by Crippen LogP contribution is 2.23. The lowest BCUT2D eigenvalue weighted by Gasteiger charge is -2.23. The number of halogens is 2. The van der Waals surface area contributed by atoms with Crippen molar-refractivity contribution in [3.8, 4) is 0 Å². The van der Waals surface area contributed by atoms with Gasteiger partial charge in [0.1, 0.15) is 0 Å². The van der Waals surface area contributed by atoms with Gasteiger partial charge in [0.05, 0.1) is 13.2 Å². The number of amides is 1. The summed E-state index contributed by atoms with van der Waals surface area (Å²) in [7, 11) is 0. The third kappa shape index (κ3) is 4.66. The molecular weight excluding hydrogens is 287 g/mol. The molecule has 0 aliphatic carbocycles. The molecule has 19 heavy (non-hydrogen) atoms. The standard InChI is InChI=1S/C13H17ClN2O2.ClH/c1-9-11(14)3-2-4-12(9)16-13(17)7-10-8-18-6-5-15-10;/h2-4,10,15H,5-8H2,1H3,(H,16,17);1H. The molecule has 1 atom stereocenters. The van der Waals surface area contributed by atoms with E-state index in [0.717, 1.165) is 17.8 Å². The van der Waals surface area contributed by atoms with E-state index in [1.165, 1.54) is 0 Å². The molecule has 1 saturated heterocycles. The first-order chi connectivity index (χ1) is 8.66. The van der Waals surface area contributed by atoms with Crippen molar-refractivity contribution in [2.75, 3.05) is 25.1 Å². The van der Waals surface area contributed by atoms with Gasteiger partial charge in [-0.15, -0.1) is 12.4 Å². The maximum Gasteiger partial charge on any atom is 0.226 e. The predicted molar refractivity (Wildman–Crippen MR) is 79.3 cm³/mol. The third-order valence-electron chi connectivity index (χ3n) is 2.97. The molecule has 1 unspecified atom stereocenters. The monoisotopic (exact) mass is 304 g/mol. The van der Waals surface area contributed by atoms with E-state index in [1.807, 2.05) is 25.1 Å². The molecule has 0 radical (unpaired) electrons. The number of carbonyl (C=O) groups excluding carboxylic acids is 1. The Bertz CT molecular complexity index is 435. The third-order valence-corrected chi connectivity index (χ3v) is 3.38. The molecule has 1 aromatic rings. The van der Waals surface area contributed by atoms with E-state index in [9.17, 15) is 4.79 Å². The van der Waals surface area contributed by atoms with Crippen LogP contribution in [-0.2, 0) is 9.53 Å². The number of hydrogen-bond acceptors (Lipinski definition) is 3. The highest BCUT2D eigenvalue weighted by molar-refractivity contribution is 6.31. The van der Waals surface area contributed by atoms with Crippen LogP contribution in [0.2, 0.25) is 5.02 Å². The van der Waals surface area contributed by atoms with Crippen LogP contribution >= 0.6 is 24.0 Å². The van der Waals surface area contributed by atoms with Crippen molar-refractivity contribution >= 4 is 35.6 Å². The zero-order chi connectivity index (χ0) is 13.0. The van der Waals surface area contributed by atoms with E-state index in [4.69, 9.17) is 16.3 Å². The topological polar surface area (TPSA) is 50.4 Å². The number of ether oxygens (including phenoxy) is 1. The second-order valence-corrected chi connectivity index (χ2v) is 4.80. The van der Waals surface area contributed by atoms with Crippen molar-refractivity contribution in [2.24, 2.45) is 0 Å². The van der Waals surface area contributed by atoms with Crippen LogP contribution in [0.4, 0.5) is 5.69 Å². The van der Waals surface area contributed by atoms with Crippen molar-refractivity contribution in [2.45, 2.75) is 19.4 Å². The van der Waals surface area contributed by atoms with E-state index in [2.05, 4.69) is 10.6 Å². The molecule has 0 aromatic heterocycles. The summed E-state index contributed by atoms with van der Waals surface area (Å²) >= 11 is 6.01. The average molecular weight is 305 g/mol. The molecule has 1 aromatic carbocycles. The van der Waals surface area contributed by atoms with E-state index in [1.54, 1.807) is 0 Å². The molecule has 4 nitrogen and oxygen atoms in total. The molecule has 0 spiro atoms. The number of anilines is 1. The minimum Gasteiger partial charge on any atom is -0.378 e. The highest BCUT2D eigenvalue weighted by atomic mass is 35.5. The van der Waals surface area contributed by atoms with Crippen molar-refractivity contribution < 1.29 is 9.53 Å². The molecular formula is C13H18Cl2N2O2. The second kappa shape index (κ2) is 7.70. The van der Waals surface area contributed by atoms with Gasteiger partial charge in [0.15, 0.2) is 0 Å². The summed E-state index contributed by atoms with van der Waals surface area (Å²) in [6, 6.07) is 5.58. The Kier molecular flexibility index (Phi) is 6.58. The Morgan fingerprint density at radius 1 is 1.58 bits per heavy atom. The SMILES string of the molecule is Cc1c(Cl)cccc1NC(=O)CC1COCCN1.Cl. The normalized spacial score (nSPS) is 18.5. The van der Waals surface area contributed by atoms with Crippen LogP contribution in [0.5, 0.6) is 0 Å². The fraction of sp³-hybridized carbons (Fsp3) is 0.462. The molecule has 0 bridgehead atoms. The molecule has 1 fully saturated rings. The van der Waals surface area contributed by atoms with Gasteiger partial charge in [-0.25, -0.2) is 0 Å². The number of rotatable bonds is 3. The Labute approximate surface area is 124 Å². The number of morpholine rings is 1.